The van der Waals surface area contributed by atoms with Crippen LogP contribution < -0.4 is 19.8 Å². The number of aromatic nitrogens is 1. The standard InChI is InChI=1S/C37H27BrFN3O5S2/c38-18-8-13-26(47-16-27(43)40-25-7-3-5-17-4-1-2-6-21(17)25)22(14-18)28-29-23-15-24(32(29)48-34-33(28)49-37(46)41-34)31-30(23)35(44)42(36(31)45)20-11-9-19(39)10-12-20/h1-14,23-24,28-32H,15-16H2,(H,40,43)(H,41,46)/t23?,24?,28-,29?,30?,31?,32?/m1/s1. The highest BCUT2D eigenvalue weighted by Crippen LogP contribution is 2.69. The monoisotopic (exact) mass is 755 g/mol. The summed E-state index contributed by atoms with van der Waals surface area (Å²) < 4.78 is 20.8. The lowest BCUT2D eigenvalue weighted by molar-refractivity contribution is -0.123. The highest BCUT2D eigenvalue weighted by molar-refractivity contribution is 9.10. The van der Waals surface area contributed by atoms with Gasteiger partial charge in [-0.25, -0.2) is 4.39 Å². The van der Waals surface area contributed by atoms with Crippen molar-refractivity contribution in [2.75, 3.05) is 16.8 Å². The van der Waals surface area contributed by atoms with E-state index in [1.807, 2.05) is 60.7 Å². The molecule has 4 aliphatic rings. The Hall–Kier alpha value is -4.26. The fourth-order valence-electron chi connectivity index (χ4n) is 8.77. The zero-order valence-electron chi connectivity index (χ0n) is 25.6. The molecule has 12 heteroatoms. The van der Waals surface area contributed by atoms with Crippen LogP contribution >= 0.6 is 39.0 Å². The first-order valence-corrected chi connectivity index (χ1v) is 18.5. The molecule has 1 saturated heterocycles. The molecule has 2 aliphatic carbocycles. The van der Waals surface area contributed by atoms with Gasteiger partial charge in [0.1, 0.15) is 11.6 Å². The summed E-state index contributed by atoms with van der Waals surface area (Å²) in [6, 6.07) is 24.7. The van der Waals surface area contributed by atoms with Crippen LogP contribution in [0.1, 0.15) is 22.8 Å². The van der Waals surface area contributed by atoms with Crippen molar-refractivity contribution in [1.82, 2.24) is 4.98 Å². The number of hydrogen-bond donors (Lipinski definition) is 2. The topological polar surface area (TPSA) is 109 Å². The van der Waals surface area contributed by atoms with Crippen molar-refractivity contribution < 1.29 is 23.5 Å². The Labute approximate surface area is 296 Å². The summed E-state index contributed by atoms with van der Waals surface area (Å²) in [7, 11) is 0. The quantitative estimate of drug-likeness (QED) is 0.178. The van der Waals surface area contributed by atoms with Gasteiger partial charge in [-0.15, -0.1) is 11.8 Å². The maximum Gasteiger partial charge on any atom is 0.305 e. The number of nitrogens with zero attached hydrogens (tertiary/aromatic N) is 1. The fraction of sp³-hybridized carbons (Fsp3) is 0.243. The molecule has 3 amide bonds. The van der Waals surface area contributed by atoms with Crippen molar-refractivity contribution in [2.24, 2.45) is 29.6 Å². The van der Waals surface area contributed by atoms with Gasteiger partial charge >= 0.3 is 4.87 Å². The van der Waals surface area contributed by atoms with E-state index in [1.54, 1.807) is 11.8 Å². The lowest BCUT2D eigenvalue weighted by atomic mass is 9.68. The maximum atomic E-state index is 14.0. The Kier molecular flexibility index (Phi) is 7.33. The highest BCUT2D eigenvalue weighted by atomic mass is 79.9. The van der Waals surface area contributed by atoms with Crippen LogP contribution in [0.2, 0.25) is 0 Å². The number of fused-ring (bicyclic) bond motifs is 10. The van der Waals surface area contributed by atoms with Gasteiger partial charge in [0.15, 0.2) is 6.61 Å². The number of aromatic amines is 1. The molecule has 2 bridgehead atoms. The van der Waals surface area contributed by atoms with E-state index in [0.29, 0.717) is 17.1 Å². The molecule has 9 rings (SSSR count). The summed E-state index contributed by atoms with van der Waals surface area (Å²) >= 11 is 6.39. The first kappa shape index (κ1) is 30.8. The molecular weight excluding hydrogens is 729 g/mol. The van der Waals surface area contributed by atoms with Crippen LogP contribution in [-0.2, 0) is 14.4 Å². The molecule has 0 radical (unpaired) electrons. The van der Waals surface area contributed by atoms with Gasteiger partial charge in [-0.05, 0) is 78.1 Å². The molecule has 4 aromatic carbocycles. The van der Waals surface area contributed by atoms with Crippen molar-refractivity contribution in [3.05, 3.63) is 115 Å². The molecule has 3 heterocycles. The van der Waals surface area contributed by atoms with Crippen molar-refractivity contribution >= 4 is 78.9 Å². The molecule has 2 saturated carbocycles. The number of ether oxygens (including phenoxy) is 1. The number of anilines is 2. The second-order valence-electron chi connectivity index (χ2n) is 13.0. The van der Waals surface area contributed by atoms with Gasteiger partial charge in [0.2, 0.25) is 11.8 Å². The lowest BCUT2D eigenvalue weighted by Crippen LogP contribution is -2.42. The molecular formula is C37H27BrFN3O5S2. The van der Waals surface area contributed by atoms with Crippen LogP contribution in [-0.4, -0.2) is 34.6 Å². The average molecular weight is 757 g/mol. The number of imide groups is 1. The first-order chi connectivity index (χ1) is 23.8. The van der Waals surface area contributed by atoms with E-state index in [9.17, 15) is 23.6 Å². The Morgan fingerprint density at radius 1 is 0.959 bits per heavy atom. The van der Waals surface area contributed by atoms with Crippen LogP contribution in [0.15, 0.2) is 99.2 Å². The molecule has 5 aromatic rings. The fourth-order valence-corrected chi connectivity index (χ4v) is 12.0. The number of halogens is 2. The molecule has 2 aliphatic heterocycles. The number of carbonyl (C=O) groups is 3. The Morgan fingerprint density at radius 2 is 1.71 bits per heavy atom. The molecule has 2 N–H and O–H groups in total. The third-order valence-corrected chi connectivity index (χ3v) is 13.6. The van der Waals surface area contributed by atoms with Gasteiger partial charge in [-0.3, -0.25) is 24.1 Å². The third-order valence-electron chi connectivity index (χ3n) is 10.5. The number of benzene rings is 4. The largest absolute Gasteiger partial charge is 0.483 e. The number of thioether (sulfide) groups is 1. The van der Waals surface area contributed by atoms with E-state index >= 15 is 0 Å². The number of H-pyrrole nitrogens is 1. The summed E-state index contributed by atoms with van der Waals surface area (Å²) in [6.07, 6.45) is 0.722. The minimum absolute atomic E-state index is 0.0274. The normalized spacial score (nSPS) is 26.5. The summed E-state index contributed by atoms with van der Waals surface area (Å²) in [6.45, 7) is -0.236. The molecule has 0 spiro atoms. The van der Waals surface area contributed by atoms with Crippen molar-refractivity contribution in [3.8, 4) is 5.75 Å². The van der Waals surface area contributed by atoms with Crippen LogP contribution in [0.4, 0.5) is 15.8 Å². The van der Waals surface area contributed by atoms with Gasteiger partial charge in [-0.1, -0.05) is 63.7 Å². The van der Waals surface area contributed by atoms with E-state index < -0.39 is 17.7 Å². The van der Waals surface area contributed by atoms with Gasteiger partial charge in [0, 0.05) is 37.2 Å². The summed E-state index contributed by atoms with van der Waals surface area (Å²) in [5.74, 6) is -2.27. The maximum absolute atomic E-state index is 14.0. The lowest BCUT2D eigenvalue weighted by Gasteiger charge is -2.43. The number of hydrogen-bond acceptors (Lipinski definition) is 7. The predicted octanol–water partition coefficient (Wildman–Crippen LogP) is 7.19. The van der Waals surface area contributed by atoms with E-state index in [0.717, 1.165) is 48.5 Å². The van der Waals surface area contributed by atoms with Crippen molar-refractivity contribution in [3.63, 3.8) is 0 Å². The second kappa shape index (κ2) is 11.7. The van der Waals surface area contributed by atoms with Crippen molar-refractivity contribution in [2.45, 2.75) is 22.6 Å². The zero-order chi connectivity index (χ0) is 33.6. The number of thiazole rings is 1. The molecule has 246 valence electrons. The second-order valence-corrected chi connectivity index (χ2v) is 16.1. The molecule has 49 heavy (non-hydrogen) atoms. The SMILES string of the molecule is O=C(COc1ccc(Br)cc1[C@H]1c2sc(=O)[nH]c2SC2C3CC(C4C(=O)N(c5ccc(F)cc5)C(=O)C34)C21)Nc1cccc2ccccc12. The molecule has 8 nitrogen and oxygen atoms in total. The number of amides is 3. The first-order valence-electron chi connectivity index (χ1n) is 16.0. The number of carbonyl (C=O) groups excluding carboxylic acids is 3. The van der Waals surface area contributed by atoms with Crippen molar-refractivity contribution in [1.29, 1.82) is 0 Å². The van der Waals surface area contributed by atoms with Crippen LogP contribution in [0.5, 0.6) is 5.75 Å². The third kappa shape index (κ3) is 4.90. The molecule has 7 atom stereocenters. The summed E-state index contributed by atoms with van der Waals surface area (Å²) in [5.41, 5.74) is 1.89. The smallest absolute Gasteiger partial charge is 0.305 e. The van der Waals surface area contributed by atoms with Gasteiger partial charge in [0.05, 0.1) is 22.5 Å². The average Bonchev–Trinajstić information content (AvgIpc) is 3.83. The summed E-state index contributed by atoms with van der Waals surface area (Å²) in [5, 5.41) is 5.67. The Bertz CT molecular complexity index is 2250. The summed E-state index contributed by atoms with van der Waals surface area (Å²) in [4.78, 5) is 58.9. The minimum atomic E-state index is -0.507. The van der Waals surface area contributed by atoms with Gasteiger partial charge < -0.3 is 15.0 Å². The van der Waals surface area contributed by atoms with Crippen LogP contribution in [0, 0.1) is 35.4 Å². The minimum Gasteiger partial charge on any atom is -0.483 e. The van der Waals surface area contributed by atoms with E-state index in [-0.39, 0.29) is 58.1 Å². The van der Waals surface area contributed by atoms with Crippen LogP contribution in [0.3, 0.4) is 0 Å². The Morgan fingerprint density at radius 3 is 2.53 bits per heavy atom. The molecule has 1 aromatic heterocycles. The Balaban J connectivity index is 1.05. The van der Waals surface area contributed by atoms with E-state index in [1.165, 1.54) is 29.2 Å². The molecule has 6 unspecified atom stereocenters. The number of rotatable bonds is 6. The van der Waals surface area contributed by atoms with Gasteiger partial charge in [-0.2, -0.15) is 0 Å². The van der Waals surface area contributed by atoms with E-state index in [4.69, 9.17) is 4.74 Å². The van der Waals surface area contributed by atoms with E-state index in [2.05, 4.69) is 26.2 Å². The zero-order valence-corrected chi connectivity index (χ0v) is 28.8. The highest BCUT2D eigenvalue weighted by Gasteiger charge is 2.69. The molecule has 3 fully saturated rings. The van der Waals surface area contributed by atoms with Gasteiger partial charge in [0.25, 0.3) is 5.91 Å². The predicted molar refractivity (Wildman–Crippen MR) is 190 cm³/mol. The number of nitrogens with one attached hydrogen (secondary N) is 2. The van der Waals surface area contributed by atoms with Crippen LogP contribution in [0.25, 0.3) is 10.8 Å².